The first-order chi connectivity index (χ1) is 13.7. The lowest BCUT2D eigenvalue weighted by molar-refractivity contribution is -0.777. The Morgan fingerprint density at radius 3 is 2.55 bits per heavy atom. The molecule has 0 N–H and O–H groups in total. The minimum atomic E-state index is -3.99. The molecule has 0 amide bonds. The van der Waals surface area contributed by atoms with Crippen molar-refractivity contribution in [2.75, 3.05) is 6.61 Å². The molecular formula is C21H25F2O5S-. The van der Waals surface area contributed by atoms with Gasteiger partial charge in [0.15, 0.2) is 0 Å². The van der Waals surface area contributed by atoms with Gasteiger partial charge in [-0.2, -0.15) is 13.1 Å². The highest BCUT2D eigenvalue weighted by molar-refractivity contribution is 7.96. The number of alkyl halides is 2. The molecule has 0 aromatic heterocycles. The highest BCUT2D eigenvalue weighted by Gasteiger charge is 2.59. The third-order valence-corrected chi connectivity index (χ3v) is 7.55. The van der Waals surface area contributed by atoms with Gasteiger partial charge in [0, 0.05) is 5.41 Å². The predicted octanol–water partition coefficient (Wildman–Crippen LogP) is 4.15. The molecule has 0 spiro atoms. The first kappa shape index (κ1) is 21.0. The topological polar surface area (TPSA) is 67.8 Å². The molecule has 160 valence electrons. The van der Waals surface area contributed by atoms with Gasteiger partial charge in [0.05, 0.1) is 6.61 Å². The van der Waals surface area contributed by atoms with Gasteiger partial charge < -0.3 is 9.99 Å². The second-order valence-corrected chi connectivity index (χ2v) is 10.2. The van der Waals surface area contributed by atoms with E-state index in [1.807, 2.05) is 0 Å². The number of hydrogen-bond donors (Lipinski definition) is 0. The van der Waals surface area contributed by atoms with Crippen LogP contribution in [0.15, 0.2) is 18.2 Å². The monoisotopic (exact) mass is 427 g/mol. The molecule has 4 bridgehead atoms. The van der Waals surface area contributed by atoms with Gasteiger partial charge in [0.25, 0.3) is 0 Å². The van der Waals surface area contributed by atoms with E-state index in [-0.39, 0.29) is 17.4 Å². The summed E-state index contributed by atoms with van der Waals surface area (Å²) in [6, 6.07) is 6.57. The number of ether oxygens (including phenoxy) is 1. The van der Waals surface area contributed by atoms with E-state index in [0.29, 0.717) is 11.8 Å². The zero-order chi connectivity index (χ0) is 20.9. The van der Waals surface area contributed by atoms with E-state index in [0.717, 1.165) is 32.1 Å². The molecule has 0 radical (unpaired) electrons. The molecule has 2 unspecified atom stereocenters. The number of halogens is 2. The van der Waals surface area contributed by atoms with Crippen LogP contribution in [0.1, 0.15) is 55.2 Å². The smallest absolute Gasteiger partial charge is 0.415 e. The van der Waals surface area contributed by atoms with Gasteiger partial charge in [0.1, 0.15) is 12.0 Å². The van der Waals surface area contributed by atoms with Crippen LogP contribution in [-0.4, -0.2) is 17.8 Å². The zero-order valence-corrected chi connectivity index (χ0v) is 17.4. The number of esters is 1. The Hall–Kier alpha value is -1.22. The molecule has 1 aromatic carbocycles. The Morgan fingerprint density at radius 1 is 1.24 bits per heavy atom. The number of carbonyl (C=O) groups excluding carboxylic acids is 1. The minimum absolute atomic E-state index is 0.0279. The summed E-state index contributed by atoms with van der Waals surface area (Å²) in [5, 5.41) is 8.70. The molecule has 0 heterocycles. The average Bonchev–Trinajstić information content (AvgIpc) is 2.63. The second kappa shape index (κ2) is 7.48. The third kappa shape index (κ3) is 3.92. The maximum Gasteiger partial charge on any atom is 0.415 e. The molecule has 4 aliphatic rings. The van der Waals surface area contributed by atoms with E-state index < -0.39 is 23.3 Å². The summed E-state index contributed by atoms with van der Waals surface area (Å²) < 4.78 is 36.2. The van der Waals surface area contributed by atoms with Crippen molar-refractivity contribution in [1.82, 2.24) is 0 Å². The van der Waals surface area contributed by atoms with Crippen molar-refractivity contribution in [1.29, 1.82) is 0 Å². The summed E-state index contributed by atoms with van der Waals surface area (Å²) in [7, 11) is 0. The SMILES string of the molecule is Cc1ccc(C23CC4CC(CC(COC(=O)C(F)(F)SOO[O-])(C4)C2)C3)c(C)c1. The molecule has 29 heavy (non-hydrogen) atoms. The van der Waals surface area contributed by atoms with Gasteiger partial charge in [0.2, 0.25) is 0 Å². The van der Waals surface area contributed by atoms with Crippen LogP contribution in [0.4, 0.5) is 8.78 Å². The van der Waals surface area contributed by atoms with Gasteiger partial charge in [-0.3, -0.25) is 5.04 Å². The Kier molecular flexibility index (Phi) is 5.42. The van der Waals surface area contributed by atoms with Crippen LogP contribution in [0, 0.1) is 31.1 Å². The Balaban J connectivity index is 1.53. The molecule has 0 aliphatic heterocycles. The first-order valence-electron chi connectivity index (χ1n) is 9.94. The molecule has 5 nitrogen and oxygen atoms in total. The van der Waals surface area contributed by atoms with Gasteiger partial charge in [-0.05, 0) is 80.8 Å². The molecule has 1 aromatic rings. The lowest BCUT2D eigenvalue weighted by Gasteiger charge is -2.62. The van der Waals surface area contributed by atoms with Crippen LogP contribution in [0.3, 0.4) is 0 Å². The van der Waals surface area contributed by atoms with Crippen molar-refractivity contribution in [3.63, 3.8) is 0 Å². The van der Waals surface area contributed by atoms with Gasteiger partial charge in [-0.15, -0.1) is 0 Å². The van der Waals surface area contributed by atoms with Crippen molar-refractivity contribution in [2.45, 2.75) is 63.0 Å². The summed E-state index contributed by atoms with van der Waals surface area (Å²) in [5.74, 6) is -0.638. The molecular weight excluding hydrogens is 402 g/mol. The van der Waals surface area contributed by atoms with Crippen LogP contribution in [0.25, 0.3) is 0 Å². The van der Waals surface area contributed by atoms with E-state index in [9.17, 15) is 18.8 Å². The van der Waals surface area contributed by atoms with Crippen molar-refractivity contribution >= 4 is 18.0 Å². The van der Waals surface area contributed by atoms with E-state index in [4.69, 9.17) is 4.74 Å². The highest BCUT2D eigenvalue weighted by atomic mass is 32.2. The zero-order valence-electron chi connectivity index (χ0n) is 16.5. The van der Waals surface area contributed by atoms with Crippen LogP contribution in [0.5, 0.6) is 0 Å². The number of hydrogen-bond acceptors (Lipinski definition) is 6. The fourth-order valence-corrected chi connectivity index (χ4v) is 6.98. The van der Waals surface area contributed by atoms with E-state index in [1.54, 1.807) is 0 Å². The molecule has 4 fully saturated rings. The largest absolute Gasteiger partial charge is 0.691 e. The number of aryl methyl sites for hydroxylation is 2. The highest BCUT2D eigenvalue weighted by Crippen LogP contribution is 2.66. The van der Waals surface area contributed by atoms with E-state index in [1.165, 1.54) is 23.1 Å². The molecule has 5 rings (SSSR count). The summed E-state index contributed by atoms with van der Waals surface area (Å²) >= 11 is -0.639. The van der Waals surface area contributed by atoms with Crippen LogP contribution < -0.4 is 5.26 Å². The Labute approximate surface area is 173 Å². The molecule has 8 heteroatoms. The Bertz CT molecular complexity index is 785. The Morgan fingerprint density at radius 2 is 1.93 bits per heavy atom. The van der Waals surface area contributed by atoms with Gasteiger partial charge in [-0.1, -0.05) is 23.8 Å². The van der Waals surface area contributed by atoms with Crippen molar-refractivity contribution in [2.24, 2.45) is 17.3 Å². The van der Waals surface area contributed by atoms with Crippen LogP contribution in [-0.2, 0) is 24.3 Å². The normalized spacial score (nSPS) is 33.1. The number of benzene rings is 1. The quantitative estimate of drug-likeness (QED) is 0.282. The predicted molar refractivity (Wildman–Crippen MR) is 100 cm³/mol. The van der Waals surface area contributed by atoms with Gasteiger partial charge >= 0.3 is 11.2 Å². The second-order valence-electron chi connectivity index (χ2n) is 9.37. The maximum atomic E-state index is 13.7. The average molecular weight is 427 g/mol. The maximum absolute atomic E-state index is 13.7. The molecule has 4 aliphatic carbocycles. The summed E-state index contributed by atoms with van der Waals surface area (Å²) in [6.45, 7) is 4.20. The summed E-state index contributed by atoms with van der Waals surface area (Å²) in [5.41, 5.74) is 3.62. The fourth-order valence-electron chi connectivity index (χ4n) is 6.74. The standard InChI is InChI=1S/C21H26F2O5S/c1-13-3-4-17(14(2)5-13)20-9-15-6-16(10-20)8-19(7-15,11-20)12-26-18(24)21(22,23)29-28-27-25/h3-5,15-16,25H,6-12H2,1-2H3/p-1. The minimum Gasteiger partial charge on any atom is -0.691 e. The molecule has 0 saturated heterocycles. The first-order valence-corrected chi connectivity index (χ1v) is 10.7. The summed E-state index contributed by atoms with van der Waals surface area (Å²) in [4.78, 5) is 11.9. The van der Waals surface area contributed by atoms with E-state index in [2.05, 4.69) is 41.4 Å². The van der Waals surface area contributed by atoms with E-state index >= 15 is 0 Å². The molecule has 2 atom stereocenters. The van der Waals surface area contributed by atoms with Crippen molar-refractivity contribution in [3.05, 3.63) is 34.9 Å². The lowest BCUT2D eigenvalue weighted by atomic mass is 9.43. The summed E-state index contributed by atoms with van der Waals surface area (Å²) in [6.07, 6.45) is 6.06. The number of carbonyl (C=O) groups is 1. The van der Waals surface area contributed by atoms with Gasteiger partial charge in [-0.25, -0.2) is 4.79 Å². The number of rotatable bonds is 7. The fraction of sp³-hybridized carbons (Fsp3) is 0.667. The third-order valence-electron chi connectivity index (χ3n) is 7.05. The lowest BCUT2D eigenvalue weighted by Crippen LogP contribution is -2.56. The van der Waals surface area contributed by atoms with Crippen LogP contribution >= 0.6 is 12.0 Å². The van der Waals surface area contributed by atoms with Crippen LogP contribution in [0.2, 0.25) is 0 Å². The van der Waals surface area contributed by atoms with Crippen molar-refractivity contribution < 1.29 is 32.9 Å². The van der Waals surface area contributed by atoms with Crippen molar-refractivity contribution in [3.8, 4) is 0 Å². The molecule has 4 saturated carbocycles.